The molecule has 1 saturated carbocycles. The molecule has 2 rings (SSSR count). The van der Waals surface area contributed by atoms with E-state index in [2.05, 4.69) is 0 Å². The van der Waals surface area contributed by atoms with E-state index in [4.69, 9.17) is 5.73 Å². The number of nitrogens with two attached hydrogens (primary N) is 1. The van der Waals surface area contributed by atoms with Gasteiger partial charge in [-0.1, -0.05) is 6.07 Å². The molecule has 0 radical (unpaired) electrons. The standard InChI is InChI=1S/C14H18FNO/c1-8-6-9(2)12(11(15)7-8)13(17)14(3,16)10-4-5-10/h6-7,10H,4-5,16H2,1-3H3. The van der Waals surface area contributed by atoms with Crippen molar-refractivity contribution in [2.24, 2.45) is 11.7 Å². The Balaban J connectivity index is 2.43. The summed E-state index contributed by atoms with van der Waals surface area (Å²) in [6, 6.07) is 3.21. The van der Waals surface area contributed by atoms with Gasteiger partial charge in [0.15, 0.2) is 5.78 Å². The highest BCUT2D eigenvalue weighted by molar-refractivity contribution is 6.04. The Labute approximate surface area is 101 Å². The van der Waals surface area contributed by atoms with Crippen molar-refractivity contribution in [1.82, 2.24) is 0 Å². The molecule has 1 aromatic rings. The van der Waals surface area contributed by atoms with Crippen LogP contribution >= 0.6 is 0 Å². The van der Waals surface area contributed by atoms with E-state index in [-0.39, 0.29) is 17.3 Å². The lowest BCUT2D eigenvalue weighted by Crippen LogP contribution is -2.47. The molecule has 2 N–H and O–H groups in total. The molecule has 1 fully saturated rings. The van der Waals surface area contributed by atoms with Crippen molar-refractivity contribution in [3.8, 4) is 0 Å². The molecule has 1 aliphatic carbocycles. The van der Waals surface area contributed by atoms with Crippen molar-refractivity contribution in [3.63, 3.8) is 0 Å². The van der Waals surface area contributed by atoms with Gasteiger partial charge in [-0.25, -0.2) is 4.39 Å². The van der Waals surface area contributed by atoms with Crippen LogP contribution in [0.15, 0.2) is 12.1 Å². The van der Waals surface area contributed by atoms with Crippen molar-refractivity contribution in [1.29, 1.82) is 0 Å². The normalized spacial score (nSPS) is 18.9. The van der Waals surface area contributed by atoms with Gasteiger partial charge in [0.05, 0.1) is 11.1 Å². The summed E-state index contributed by atoms with van der Waals surface area (Å²) in [6.45, 7) is 5.28. The number of hydrogen-bond acceptors (Lipinski definition) is 2. The lowest BCUT2D eigenvalue weighted by molar-refractivity contribution is 0.0878. The van der Waals surface area contributed by atoms with E-state index in [1.54, 1.807) is 13.8 Å². The SMILES string of the molecule is Cc1cc(C)c(C(=O)C(C)(N)C2CC2)c(F)c1. The lowest BCUT2D eigenvalue weighted by atomic mass is 9.85. The third-order valence-corrected chi connectivity index (χ3v) is 3.57. The van der Waals surface area contributed by atoms with Crippen LogP contribution in [0.1, 0.15) is 41.3 Å². The van der Waals surface area contributed by atoms with Gasteiger partial charge in [-0.2, -0.15) is 0 Å². The van der Waals surface area contributed by atoms with Crippen LogP contribution in [0.5, 0.6) is 0 Å². The predicted octanol–water partition coefficient (Wildman–Crippen LogP) is 2.75. The molecule has 0 bridgehead atoms. The molecule has 0 aromatic heterocycles. The summed E-state index contributed by atoms with van der Waals surface area (Å²) in [5.74, 6) is -0.519. The molecule has 3 heteroatoms. The fraction of sp³-hybridized carbons (Fsp3) is 0.500. The Morgan fingerprint density at radius 2 is 2.00 bits per heavy atom. The minimum atomic E-state index is -0.930. The van der Waals surface area contributed by atoms with Gasteiger partial charge < -0.3 is 5.73 Å². The largest absolute Gasteiger partial charge is 0.319 e. The maximum atomic E-state index is 13.9. The van der Waals surface area contributed by atoms with Crippen LogP contribution in [0.3, 0.4) is 0 Å². The van der Waals surface area contributed by atoms with Crippen LogP contribution in [0.4, 0.5) is 4.39 Å². The summed E-state index contributed by atoms with van der Waals surface area (Å²) >= 11 is 0. The fourth-order valence-corrected chi connectivity index (χ4v) is 2.34. The summed E-state index contributed by atoms with van der Waals surface area (Å²) in [5, 5.41) is 0. The Bertz CT molecular complexity index is 452. The fourth-order valence-electron chi connectivity index (χ4n) is 2.34. The highest BCUT2D eigenvalue weighted by Crippen LogP contribution is 2.40. The highest BCUT2D eigenvalue weighted by Gasteiger charge is 2.45. The number of Topliss-reactive ketones (excluding diaryl/α,β-unsaturated/α-hetero) is 1. The van der Waals surface area contributed by atoms with Crippen molar-refractivity contribution in [2.45, 2.75) is 39.2 Å². The van der Waals surface area contributed by atoms with Crippen molar-refractivity contribution < 1.29 is 9.18 Å². The second-order valence-electron chi connectivity index (χ2n) is 5.32. The van der Waals surface area contributed by atoms with E-state index in [9.17, 15) is 9.18 Å². The zero-order valence-corrected chi connectivity index (χ0v) is 10.5. The summed E-state index contributed by atoms with van der Waals surface area (Å²) in [6.07, 6.45) is 1.93. The van der Waals surface area contributed by atoms with Crippen LogP contribution in [0, 0.1) is 25.6 Å². The van der Waals surface area contributed by atoms with E-state index >= 15 is 0 Å². The quantitative estimate of drug-likeness (QED) is 0.819. The number of aryl methyl sites for hydroxylation is 2. The third-order valence-electron chi connectivity index (χ3n) is 3.57. The smallest absolute Gasteiger partial charge is 0.185 e. The van der Waals surface area contributed by atoms with E-state index in [1.165, 1.54) is 6.07 Å². The summed E-state index contributed by atoms with van der Waals surface area (Å²) < 4.78 is 13.9. The number of carbonyl (C=O) groups excluding carboxylic acids is 1. The molecule has 1 unspecified atom stereocenters. The maximum Gasteiger partial charge on any atom is 0.185 e. The molecule has 0 spiro atoms. The van der Waals surface area contributed by atoms with E-state index in [0.717, 1.165) is 18.4 Å². The van der Waals surface area contributed by atoms with Crippen LogP contribution in [-0.2, 0) is 0 Å². The minimum absolute atomic E-state index is 0.160. The van der Waals surface area contributed by atoms with Crippen LogP contribution in [-0.4, -0.2) is 11.3 Å². The highest BCUT2D eigenvalue weighted by atomic mass is 19.1. The number of ketones is 1. The lowest BCUT2D eigenvalue weighted by Gasteiger charge is -2.24. The Kier molecular flexibility index (Phi) is 2.82. The molecular weight excluding hydrogens is 217 g/mol. The molecule has 0 aliphatic heterocycles. The van der Waals surface area contributed by atoms with Gasteiger partial charge in [0.2, 0.25) is 0 Å². The number of carbonyl (C=O) groups is 1. The van der Waals surface area contributed by atoms with Crippen LogP contribution in [0.25, 0.3) is 0 Å². The molecule has 0 heterocycles. The van der Waals surface area contributed by atoms with Gasteiger partial charge in [0.1, 0.15) is 5.82 Å². The number of benzene rings is 1. The first-order valence-electron chi connectivity index (χ1n) is 5.94. The molecule has 1 aromatic carbocycles. The van der Waals surface area contributed by atoms with Gasteiger partial charge >= 0.3 is 0 Å². The first-order chi connectivity index (χ1) is 7.84. The second-order valence-corrected chi connectivity index (χ2v) is 5.32. The topological polar surface area (TPSA) is 43.1 Å². The van der Waals surface area contributed by atoms with Crippen LogP contribution in [0.2, 0.25) is 0 Å². The molecule has 2 nitrogen and oxygen atoms in total. The summed E-state index contributed by atoms with van der Waals surface area (Å²) in [4.78, 5) is 12.3. The average Bonchev–Trinajstić information content (AvgIpc) is 2.98. The van der Waals surface area contributed by atoms with Gasteiger partial charge in [0, 0.05) is 0 Å². The Hall–Kier alpha value is -1.22. The van der Waals surface area contributed by atoms with Gasteiger partial charge in [-0.3, -0.25) is 4.79 Å². The number of rotatable bonds is 3. The Morgan fingerprint density at radius 1 is 1.41 bits per heavy atom. The molecule has 17 heavy (non-hydrogen) atoms. The zero-order valence-electron chi connectivity index (χ0n) is 10.5. The molecule has 1 aliphatic rings. The predicted molar refractivity (Wildman–Crippen MR) is 65.5 cm³/mol. The average molecular weight is 235 g/mol. The molecule has 0 amide bonds. The summed E-state index contributed by atoms with van der Waals surface area (Å²) in [5.41, 5.74) is 6.78. The van der Waals surface area contributed by atoms with Crippen molar-refractivity contribution in [3.05, 3.63) is 34.6 Å². The van der Waals surface area contributed by atoms with Crippen LogP contribution < -0.4 is 5.73 Å². The third kappa shape index (κ3) is 2.12. The van der Waals surface area contributed by atoms with Crippen molar-refractivity contribution in [2.75, 3.05) is 0 Å². The maximum absolute atomic E-state index is 13.9. The van der Waals surface area contributed by atoms with Gasteiger partial charge in [-0.05, 0) is 56.7 Å². The molecule has 1 atom stereocenters. The van der Waals surface area contributed by atoms with E-state index in [1.807, 2.05) is 13.0 Å². The first-order valence-corrected chi connectivity index (χ1v) is 5.94. The summed E-state index contributed by atoms with van der Waals surface area (Å²) in [7, 11) is 0. The monoisotopic (exact) mass is 235 g/mol. The van der Waals surface area contributed by atoms with E-state index < -0.39 is 11.4 Å². The molecular formula is C14H18FNO. The van der Waals surface area contributed by atoms with Gasteiger partial charge in [0.25, 0.3) is 0 Å². The molecule has 0 saturated heterocycles. The zero-order chi connectivity index (χ0) is 12.8. The first kappa shape index (κ1) is 12.2. The van der Waals surface area contributed by atoms with E-state index in [0.29, 0.717) is 5.56 Å². The minimum Gasteiger partial charge on any atom is -0.319 e. The van der Waals surface area contributed by atoms with Gasteiger partial charge in [-0.15, -0.1) is 0 Å². The number of hydrogen-bond donors (Lipinski definition) is 1. The van der Waals surface area contributed by atoms with Crippen molar-refractivity contribution >= 4 is 5.78 Å². The number of halogens is 1. The second kappa shape index (κ2) is 3.91. The Morgan fingerprint density at radius 3 is 2.47 bits per heavy atom. The molecule has 92 valence electrons.